The van der Waals surface area contributed by atoms with Crippen molar-refractivity contribution < 1.29 is 4.74 Å². The summed E-state index contributed by atoms with van der Waals surface area (Å²) in [5.41, 5.74) is 3.07. The van der Waals surface area contributed by atoms with Crippen LogP contribution >= 0.6 is 11.6 Å². The number of pyridine rings is 1. The molecule has 35 heavy (non-hydrogen) atoms. The highest BCUT2D eigenvalue weighted by Gasteiger charge is 2.17. The Morgan fingerprint density at radius 1 is 0.800 bits per heavy atom. The normalized spacial score (nSPS) is 18.0. The molecule has 0 unspecified atom stereocenters. The molecule has 0 atom stereocenters. The first-order chi connectivity index (χ1) is 17.3. The Kier molecular flexibility index (Phi) is 8.55. The molecule has 0 saturated carbocycles. The molecular formula is C28H38ClN5O. The Hall–Kier alpha value is -2.15. The van der Waals surface area contributed by atoms with E-state index in [4.69, 9.17) is 26.4 Å². The molecule has 0 spiro atoms. The molecule has 0 amide bonds. The molecule has 0 aliphatic carbocycles. The molecule has 0 N–H and O–H groups in total. The van der Waals surface area contributed by atoms with Gasteiger partial charge in [-0.3, -0.25) is 0 Å². The predicted molar refractivity (Wildman–Crippen MR) is 143 cm³/mol. The van der Waals surface area contributed by atoms with Crippen LogP contribution in [0.3, 0.4) is 0 Å². The van der Waals surface area contributed by atoms with Gasteiger partial charge in [0.05, 0.1) is 25.5 Å². The third-order valence-corrected chi connectivity index (χ3v) is 7.57. The fourth-order valence-electron chi connectivity index (χ4n) is 5.29. The molecule has 0 radical (unpaired) electrons. The summed E-state index contributed by atoms with van der Waals surface area (Å²) < 4.78 is 8.15. The van der Waals surface area contributed by atoms with Crippen LogP contribution in [0.25, 0.3) is 11.0 Å². The Morgan fingerprint density at radius 2 is 1.49 bits per heavy atom. The van der Waals surface area contributed by atoms with Gasteiger partial charge < -0.3 is 14.5 Å². The highest BCUT2D eigenvalue weighted by atomic mass is 35.5. The van der Waals surface area contributed by atoms with Crippen molar-refractivity contribution in [2.75, 3.05) is 44.2 Å². The van der Waals surface area contributed by atoms with Crippen LogP contribution < -0.4 is 4.90 Å². The summed E-state index contributed by atoms with van der Waals surface area (Å²) >= 11 is 6.11. The second-order valence-electron chi connectivity index (χ2n) is 9.98. The number of halogens is 1. The minimum atomic E-state index is 0.517. The van der Waals surface area contributed by atoms with Crippen molar-refractivity contribution >= 4 is 28.5 Å². The van der Waals surface area contributed by atoms with Crippen LogP contribution in [0, 0.1) is 0 Å². The molecule has 2 saturated heterocycles. The Labute approximate surface area is 214 Å². The summed E-state index contributed by atoms with van der Waals surface area (Å²) in [6.45, 7) is 7.48. The number of nitrogens with zero attached hydrogens (tertiary/aromatic N) is 5. The number of aromatic nitrogens is 3. The van der Waals surface area contributed by atoms with E-state index < -0.39 is 0 Å². The largest absolute Gasteiger partial charge is 0.374 e. The molecule has 4 heterocycles. The summed E-state index contributed by atoms with van der Waals surface area (Å²) in [4.78, 5) is 10.1. The molecule has 2 aromatic heterocycles. The van der Waals surface area contributed by atoms with Gasteiger partial charge in [0.1, 0.15) is 5.82 Å². The first-order valence-electron chi connectivity index (χ1n) is 13.4. The SMILES string of the molecule is Clc1ccc(Cn2nc(COCCN3CCCCC3)c3ccc(N4CCCCCCC4)nc32)cc1. The number of hydrogen-bond acceptors (Lipinski definition) is 5. The minimum Gasteiger partial charge on any atom is -0.374 e. The number of fused-ring (bicyclic) bond motifs is 1. The van der Waals surface area contributed by atoms with E-state index in [1.54, 1.807) is 0 Å². The molecule has 3 aromatic rings. The molecule has 2 aliphatic rings. The fourth-order valence-corrected chi connectivity index (χ4v) is 5.41. The lowest BCUT2D eigenvalue weighted by Gasteiger charge is -2.26. The van der Waals surface area contributed by atoms with Crippen LogP contribution in [0.4, 0.5) is 5.82 Å². The molecule has 6 nitrogen and oxygen atoms in total. The van der Waals surface area contributed by atoms with Gasteiger partial charge in [0, 0.05) is 30.0 Å². The van der Waals surface area contributed by atoms with Crippen molar-refractivity contribution in [3.63, 3.8) is 0 Å². The summed E-state index contributed by atoms with van der Waals surface area (Å²) in [7, 11) is 0. The number of anilines is 1. The van der Waals surface area contributed by atoms with Crippen molar-refractivity contribution in [1.82, 2.24) is 19.7 Å². The Balaban J connectivity index is 1.35. The molecular weight excluding hydrogens is 458 g/mol. The van der Waals surface area contributed by atoms with Crippen LogP contribution in [-0.4, -0.2) is 59.0 Å². The van der Waals surface area contributed by atoms with Crippen LogP contribution in [-0.2, 0) is 17.9 Å². The average Bonchev–Trinajstić information content (AvgIpc) is 3.20. The summed E-state index contributed by atoms with van der Waals surface area (Å²) in [6.07, 6.45) is 10.4. The van der Waals surface area contributed by atoms with Gasteiger partial charge in [-0.25, -0.2) is 9.67 Å². The third kappa shape index (κ3) is 6.54. The average molecular weight is 496 g/mol. The quantitative estimate of drug-likeness (QED) is 0.364. The van der Waals surface area contributed by atoms with E-state index in [0.29, 0.717) is 13.2 Å². The minimum absolute atomic E-state index is 0.517. The summed E-state index contributed by atoms with van der Waals surface area (Å²) in [6, 6.07) is 12.4. The van der Waals surface area contributed by atoms with E-state index in [1.165, 1.54) is 64.5 Å². The zero-order valence-electron chi connectivity index (χ0n) is 20.8. The van der Waals surface area contributed by atoms with Crippen LogP contribution in [0.5, 0.6) is 0 Å². The molecule has 1 aromatic carbocycles. The summed E-state index contributed by atoms with van der Waals surface area (Å²) in [5, 5.41) is 6.82. The van der Waals surface area contributed by atoms with Crippen LogP contribution in [0.15, 0.2) is 36.4 Å². The number of rotatable bonds is 8. The van der Waals surface area contributed by atoms with Crippen molar-refractivity contribution in [3.8, 4) is 0 Å². The number of likely N-dealkylation sites (tertiary alicyclic amines) is 1. The lowest BCUT2D eigenvalue weighted by Crippen LogP contribution is -2.32. The second kappa shape index (κ2) is 12.2. The first-order valence-corrected chi connectivity index (χ1v) is 13.8. The van der Waals surface area contributed by atoms with Gasteiger partial charge in [0.2, 0.25) is 0 Å². The van der Waals surface area contributed by atoms with Gasteiger partial charge in [-0.15, -0.1) is 0 Å². The maximum atomic E-state index is 6.11. The number of ether oxygens (including phenoxy) is 1. The van der Waals surface area contributed by atoms with Gasteiger partial charge in [-0.05, 0) is 68.6 Å². The smallest absolute Gasteiger partial charge is 0.160 e. The van der Waals surface area contributed by atoms with Crippen LogP contribution in [0.2, 0.25) is 5.02 Å². The van der Waals surface area contributed by atoms with Gasteiger partial charge >= 0.3 is 0 Å². The van der Waals surface area contributed by atoms with Crippen molar-refractivity contribution in [3.05, 3.63) is 52.7 Å². The molecule has 2 fully saturated rings. The highest BCUT2D eigenvalue weighted by Crippen LogP contribution is 2.25. The highest BCUT2D eigenvalue weighted by molar-refractivity contribution is 6.30. The molecule has 2 aliphatic heterocycles. The number of hydrogen-bond donors (Lipinski definition) is 0. The third-order valence-electron chi connectivity index (χ3n) is 7.32. The van der Waals surface area contributed by atoms with Crippen LogP contribution in [0.1, 0.15) is 62.6 Å². The Morgan fingerprint density at radius 3 is 2.26 bits per heavy atom. The maximum Gasteiger partial charge on any atom is 0.160 e. The summed E-state index contributed by atoms with van der Waals surface area (Å²) in [5.74, 6) is 1.06. The zero-order chi connectivity index (χ0) is 23.9. The topological polar surface area (TPSA) is 46.4 Å². The Bertz CT molecular complexity index is 1070. The van der Waals surface area contributed by atoms with E-state index in [1.807, 2.05) is 16.8 Å². The number of benzene rings is 1. The van der Waals surface area contributed by atoms with Gasteiger partial charge in [0.15, 0.2) is 5.65 Å². The standard InChI is InChI=1S/C28H38ClN5O/c29-24-11-9-23(10-12-24)21-34-28-25(13-14-27(30-28)33-17-7-2-1-3-8-18-33)26(31-34)22-35-20-19-32-15-5-4-6-16-32/h9-14H,1-8,15-22H2. The van der Waals surface area contributed by atoms with Crippen molar-refractivity contribution in [1.29, 1.82) is 0 Å². The molecule has 5 rings (SSSR count). The van der Waals surface area contributed by atoms with Crippen molar-refractivity contribution in [2.45, 2.75) is 64.5 Å². The molecule has 7 heteroatoms. The molecule has 0 bridgehead atoms. The van der Waals surface area contributed by atoms with Gasteiger partial charge in [0.25, 0.3) is 0 Å². The lowest BCUT2D eigenvalue weighted by molar-refractivity contribution is 0.0848. The van der Waals surface area contributed by atoms with Gasteiger partial charge in [-0.1, -0.05) is 49.4 Å². The van der Waals surface area contributed by atoms with Gasteiger partial charge in [-0.2, -0.15) is 5.10 Å². The van der Waals surface area contributed by atoms with E-state index in [2.05, 4.69) is 34.1 Å². The second-order valence-corrected chi connectivity index (χ2v) is 10.4. The zero-order valence-corrected chi connectivity index (χ0v) is 21.6. The van der Waals surface area contributed by atoms with E-state index in [0.717, 1.165) is 59.4 Å². The number of piperidine rings is 1. The van der Waals surface area contributed by atoms with E-state index in [-0.39, 0.29) is 0 Å². The predicted octanol–water partition coefficient (Wildman–Crippen LogP) is 5.91. The maximum absolute atomic E-state index is 6.11. The van der Waals surface area contributed by atoms with E-state index in [9.17, 15) is 0 Å². The first kappa shape index (κ1) is 24.5. The molecule has 188 valence electrons. The van der Waals surface area contributed by atoms with E-state index >= 15 is 0 Å². The lowest BCUT2D eigenvalue weighted by atomic mass is 10.1. The monoisotopic (exact) mass is 495 g/mol. The van der Waals surface area contributed by atoms with Crippen molar-refractivity contribution in [2.24, 2.45) is 0 Å². The fraction of sp³-hybridized carbons (Fsp3) is 0.571.